The van der Waals surface area contributed by atoms with Crippen molar-refractivity contribution in [3.05, 3.63) is 58.7 Å². The topological polar surface area (TPSA) is 53.0 Å². The molecule has 7 heteroatoms. The van der Waals surface area contributed by atoms with E-state index in [0.29, 0.717) is 12.1 Å². The minimum atomic E-state index is -0.906. The van der Waals surface area contributed by atoms with Gasteiger partial charge in [0.15, 0.2) is 0 Å². The average molecular weight is 435 g/mol. The monoisotopic (exact) mass is 434 g/mol. The molecule has 0 aliphatic carbocycles. The molecule has 1 saturated heterocycles. The van der Waals surface area contributed by atoms with E-state index in [4.69, 9.17) is 4.74 Å². The molecule has 1 aromatic carbocycles. The van der Waals surface area contributed by atoms with Crippen LogP contribution < -0.4 is 0 Å². The molecule has 1 fully saturated rings. The van der Waals surface area contributed by atoms with Crippen LogP contribution in [0.4, 0.5) is 4.39 Å². The number of benzene rings is 1. The molecular formula is C23H31FN2O3S. The summed E-state index contributed by atoms with van der Waals surface area (Å²) in [4.78, 5) is 16.3. The van der Waals surface area contributed by atoms with Gasteiger partial charge >= 0.3 is 5.97 Å². The van der Waals surface area contributed by atoms with Gasteiger partial charge in [-0.05, 0) is 61.3 Å². The van der Waals surface area contributed by atoms with Crippen molar-refractivity contribution in [3.63, 3.8) is 0 Å². The number of hydrogen-bond donors (Lipinski definition) is 1. The third kappa shape index (κ3) is 5.38. The van der Waals surface area contributed by atoms with Crippen LogP contribution >= 0.6 is 11.8 Å². The fraction of sp³-hybridized carbons (Fsp3) is 0.522. The summed E-state index contributed by atoms with van der Waals surface area (Å²) in [5.74, 6) is 0.527. The van der Waals surface area contributed by atoms with Gasteiger partial charge in [0.25, 0.3) is 0 Å². The summed E-state index contributed by atoms with van der Waals surface area (Å²) in [6.07, 6.45) is 5.42. The van der Waals surface area contributed by atoms with Crippen molar-refractivity contribution < 1.29 is 19.0 Å². The summed E-state index contributed by atoms with van der Waals surface area (Å²) in [5, 5.41) is 9.56. The van der Waals surface area contributed by atoms with E-state index in [1.54, 1.807) is 17.8 Å². The summed E-state index contributed by atoms with van der Waals surface area (Å²) in [5.41, 5.74) is 1.97. The zero-order valence-electron chi connectivity index (χ0n) is 17.9. The predicted octanol–water partition coefficient (Wildman–Crippen LogP) is 4.46. The van der Waals surface area contributed by atoms with Gasteiger partial charge < -0.3 is 19.6 Å². The van der Waals surface area contributed by atoms with Gasteiger partial charge in [-0.3, -0.25) is 0 Å². The van der Waals surface area contributed by atoms with Gasteiger partial charge in [0.05, 0.1) is 11.7 Å². The Balaban J connectivity index is 1.95. The highest BCUT2D eigenvalue weighted by Crippen LogP contribution is 2.36. The summed E-state index contributed by atoms with van der Waals surface area (Å²) in [6, 6.07) is 6.51. The smallest absolute Gasteiger partial charge is 0.334 e. The molecule has 2 heterocycles. The fourth-order valence-corrected chi connectivity index (χ4v) is 5.24. The molecule has 2 atom stereocenters. The minimum Gasteiger partial charge on any atom is -0.478 e. The maximum atomic E-state index is 13.8. The van der Waals surface area contributed by atoms with Crippen LogP contribution in [-0.2, 0) is 16.1 Å². The van der Waals surface area contributed by atoms with E-state index < -0.39 is 5.97 Å². The number of aliphatic carboxylic acids is 1. The Labute approximate surface area is 182 Å². The Morgan fingerprint density at radius 2 is 2.20 bits per heavy atom. The van der Waals surface area contributed by atoms with Gasteiger partial charge in [-0.15, -0.1) is 11.8 Å². The van der Waals surface area contributed by atoms with Crippen molar-refractivity contribution in [2.75, 3.05) is 26.0 Å². The summed E-state index contributed by atoms with van der Waals surface area (Å²) in [7, 11) is 2.02. The lowest BCUT2D eigenvalue weighted by molar-refractivity contribution is -0.133. The van der Waals surface area contributed by atoms with Crippen LogP contribution in [0.3, 0.4) is 0 Å². The van der Waals surface area contributed by atoms with Gasteiger partial charge in [-0.25, -0.2) is 9.18 Å². The Kier molecular flexibility index (Phi) is 7.83. The van der Waals surface area contributed by atoms with Gasteiger partial charge in [0, 0.05) is 26.7 Å². The third-order valence-corrected chi connectivity index (χ3v) is 6.67. The molecule has 2 unspecified atom stereocenters. The molecule has 1 N–H and O–H groups in total. The second-order valence-corrected chi connectivity index (χ2v) is 9.20. The first-order valence-electron chi connectivity index (χ1n) is 10.5. The van der Waals surface area contributed by atoms with Crippen molar-refractivity contribution in [1.82, 2.24) is 9.80 Å². The number of allylic oxidation sites excluding steroid dienone is 2. The molecule has 0 amide bonds. The highest BCUT2D eigenvalue weighted by molar-refractivity contribution is 8.00. The molecule has 3 rings (SSSR count). The number of rotatable bonds is 8. The van der Waals surface area contributed by atoms with E-state index in [1.807, 2.05) is 33.0 Å². The summed E-state index contributed by atoms with van der Waals surface area (Å²) < 4.78 is 19.8. The summed E-state index contributed by atoms with van der Waals surface area (Å²) >= 11 is 1.59. The van der Waals surface area contributed by atoms with Crippen LogP contribution in [0.2, 0.25) is 0 Å². The molecule has 0 radical (unpaired) electrons. The van der Waals surface area contributed by atoms with Crippen molar-refractivity contribution in [3.8, 4) is 0 Å². The minimum absolute atomic E-state index is 0.170. The Bertz CT molecular complexity index is 820. The van der Waals surface area contributed by atoms with Crippen LogP contribution in [-0.4, -0.2) is 58.3 Å². The lowest BCUT2D eigenvalue weighted by Gasteiger charge is -2.43. The maximum absolute atomic E-state index is 13.8. The Morgan fingerprint density at radius 1 is 1.40 bits per heavy atom. The standard InChI is InChI=1S/C23H31FN2O3S/c1-4-30-22-21(23(27)28)16(2)12-20(25(3)15-19-10-5-6-11-29-19)26(22)14-17-8-7-9-18(24)13-17/h7-9,12-13,19,22H,4-6,10-11,14-15H2,1-3H3,(H,27,28). The molecular weight excluding hydrogens is 403 g/mol. The number of carboxylic acids is 1. The highest BCUT2D eigenvalue weighted by Gasteiger charge is 2.35. The third-order valence-electron chi connectivity index (χ3n) is 5.53. The maximum Gasteiger partial charge on any atom is 0.334 e. The van der Waals surface area contributed by atoms with Crippen molar-refractivity contribution >= 4 is 17.7 Å². The Hall–Kier alpha value is -1.99. The van der Waals surface area contributed by atoms with Gasteiger partial charge in [-0.1, -0.05) is 19.1 Å². The van der Waals surface area contributed by atoms with Crippen LogP contribution in [0, 0.1) is 5.82 Å². The lowest BCUT2D eigenvalue weighted by atomic mass is 10.0. The zero-order valence-corrected chi connectivity index (χ0v) is 18.8. The first-order valence-corrected chi connectivity index (χ1v) is 11.6. The quantitative estimate of drug-likeness (QED) is 0.652. The molecule has 0 saturated carbocycles. The van der Waals surface area contributed by atoms with Crippen LogP contribution in [0.25, 0.3) is 0 Å². The first kappa shape index (κ1) is 22.7. The SMILES string of the molecule is CCSC1C(C(=O)O)=C(C)C=C(N(C)CC2CCCCO2)N1Cc1cccc(F)c1. The number of thioether (sulfide) groups is 1. The van der Waals surface area contributed by atoms with E-state index in [9.17, 15) is 14.3 Å². The average Bonchev–Trinajstić information content (AvgIpc) is 2.70. The molecule has 0 bridgehead atoms. The van der Waals surface area contributed by atoms with Gasteiger partial charge in [0.1, 0.15) is 17.0 Å². The van der Waals surface area contributed by atoms with Gasteiger partial charge in [0.2, 0.25) is 0 Å². The number of nitrogens with zero attached hydrogens (tertiary/aromatic N) is 2. The van der Waals surface area contributed by atoms with Crippen molar-refractivity contribution in [2.45, 2.75) is 51.1 Å². The van der Waals surface area contributed by atoms with E-state index >= 15 is 0 Å². The molecule has 0 spiro atoms. The number of ether oxygens (including phenoxy) is 1. The van der Waals surface area contributed by atoms with E-state index in [2.05, 4.69) is 9.80 Å². The van der Waals surface area contributed by atoms with E-state index in [1.165, 1.54) is 18.6 Å². The van der Waals surface area contributed by atoms with Crippen molar-refractivity contribution in [2.24, 2.45) is 0 Å². The van der Waals surface area contributed by atoms with E-state index in [0.717, 1.165) is 48.7 Å². The number of carbonyl (C=O) groups is 1. The molecule has 2 aliphatic heterocycles. The second kappa shape index (κ2) is 10.4. The van der Waals surface area contributed by atoms with Crippen LogP contribution in [0.5, 0.6) is 0 Å². The molecule has 5 nitrogen and oxygen atoms in total. The normalized spacial score (nSPS) is 22.1. The van der Waals surface area contributed by atoms with E-state index in [-0.39, 0.29) is 17.3 Å². The largest absolute Gasteiger partial charge is 0.478 e. The molecule has 0 aromatic heterocycles. The molecule has 30 heavy (non-hydrogen) atoms. The number of hydrogen-bond acceptors (Lipinski definition) is 5. The number of carboxylic acid groups (broad SMARTS) is 1. The number of halogens is 1. The Morgan fingerprint density at radius 3 is 2.83 bits per heavy atom. The fourth-order valence-electron chi connectivity index (χ4n) is 4.11. The van der Waals surface area contributed by atoms with Crippen LogP contribution in [0.1, 0.15) is 38.7 Å². The molecule has 1 aromatic rings. The predicted molar refractivity (Wildman–Crippen MR) is 119 cm³/mol. The summed E-state index contributed by atoms with van der Waals surface area (Å²) in [6.45, 7) is 5.85. The molecule has 2 aliphatic rings. The number of likely N-dealkylation sites (N-methyl/N-ethyl adjacent to an activating group) is 1. The lowest BCUT2D eigenvalue weighted by Crippen LogP contribution is -2.45. The van der Waals surface area contributed by atoms with Crippen LogP contribution in [0.15, 0.2) is 47.3 Å². The first-order chi connectivity index (χ1) is 14.4. The van der Waals surface area contributed by atoms with Gasteiger partial charge in [-0.2, -0.15) is 0 Å². The highest BCUT2D eigenvalue weighted by atomic mass is 32.2. The zero-order chi connectivity index (χ0) is 21.7. The van der Waals surface area contributed by atoms with Crippen molar-refractivity contribution in [1.29, 1.82) is 0 Å². The second-order valence-electron chi connectivity index (χ2n) is 7.84. The molecule has 164 valence electrons.